The maximum absolute atomic E-state index is 14.8. The van der Waals surface area contributed by atoms with Gasteiger partial charge in [0, 0.05) is 12.2 Å². The Kier molecular flexibility index (Phi) is 8.62. The highest BCUT2D eigenvalue weighted by Crippen LogP contribution is 2.65. The fourth-order valence-electron chi connectivity index (χ4n) is 7.33. The van der Waals surface area contributed by atoms with Crippen molar-refractivity contribution in [1.29, 1.82) is 0 Å². The number of likely N-dealkylation sites (tertiary alicyclic amines) is 1. The van der Waals surface area contributed by atoms with Crippen molar-refractivity contribution in [3.8, 4) is 0 Å². The molecule has 0 saturated carbocycles. The van der Waals surface area contributed by atoms with Crippen LogP contribution in [0.15, 0.2) is 43.5 Å². The summed E-state index contributed by atoms with van der Waals surface area (Å²) in [4.78, 5) is 46.0. The maximum Gasteiger partial charge on any atom is 0.313 e. The lowest BCUT2D eigenvalue weighted by Crippen LogP contribution is -2.59. The molecule has 3 heterocycles. The third-order valence-corrected chi connectivity index (χ3v) is 9.03. The van der Waals surface area contributed by atoms with Crippen LogP contribution < -0.4 is 4.90 Å². The first kappa shape index (κ1) is 30.0. The van der Waals surface area contributed by atoms with Gasteiger partial charge in [0.15, 0.2) is 0 Å². The largest absolute Gasteiger partial charge is 0.461 e. The summed E-state index contributed by atoms with van der Waals surface area (Å²) in [5.74, 6) is -2.68. The lowest BCUT2D eigenvalue weighted by atomic mass is 9.65. The van der Waals surface area contributed by atoms with E-state index in [0.717, 1.165) is 16.8 Å². The maximum atomic E-state index is 14.8. The van der Waals surface area contributed by atoms with Crippen molar-refractivity contribution in [3.05, 3.63) is 54.6 Å². The highest BCUT2D eigenvalue weighted by molar-refractivity contribution is 6.05. The number of ether oxygens (including phenoxy) is 2. The second-order valence-corrected chi connectivity index (χ2v) is 12.0. The highest BCUT2D eigenvalue weighted by Gasteiger charge is 2.79. The van der Waals surface area contributed by atoms with E-state index in [9.17, 15) is 19.5 Å². The molecule has 0 aliphatic carbocycles. The normalized spacial score (nSPS) is 29.4. The molecule has 8 heteroatoms. The summed E-state index contributed by atoms with van der Waals surface area (Å²) in [5.41, 5.74) is 0.557. The Balaban J connectivity index is 1.89. The Bertz CT molecular complexity index is 1180. The number of carbonyl (C=O) groups is 3. The molecule has 0 radical (unpaired) electrons. The molecular formula is C32H44N2O6. The number of carbonyl (C=O) groups excluding carboxylic acids is 3. The molecule has 2 unspecified atom stereocenters. The van der Waals surface area contributed by atoms with Crippen LogP contribution in [0.25, 0.3) is 0 Å². The van der Waals surface area contributed by atoms with Crippen molar-refractivity contribution in [2.75, 3.05) is 24.7 Å². The molecule has 1 aromatic carbocycles. The third kappa shape index (κ3) is 4.69. The van der Waals surface area contributed by atoms with E-state index in [-0.39, 0.29) is 37.5 Å². The number of hydrogen-bond donors (Lipinski definition) is 1. The van der Waals surface area contributed by atoms with Gasteiger partial charge in [0.05, 0.1) is 24.2 Å². The Labute approximate surface area is 238 Å². The van der Waals surface area contributed by atoms with Crippen LogP contribution >= 0.6 is 0 Å². The quantitative estimate of drug-likeness (QED) is 0.310. The van der Waals surface area contributed by atoms with Crippen LogP contribution in [-0.4, -0.2) is 70.8 Å². The molecule has 1 spiro atoms. The number of aliphatic hydroxyl groups excluding tert-OH is 1. The number of hydrogen-bond acceptors (Lipinski definition) is 6. The molecule has 2 bridgehead atoms. The first-order chi connectivity index (χ1) is 19.0. The molecule has 2 amide bonds. The lowest BCUT2D eigenvalue weighted by Gasteiger charge is -2.40. The van der Waals surface area contributed by atoms with Gasteiger partial charge in [-0.05, 0) is 62.6 Å². The molecule has 3 saturated heterocycles. The number of anilines is 1. The standard InChI is InChI=1S/C32H44N2O6/c1-8-15-33(24-18-21(6)11-12-22(24)7)29(37)27-32-14-13-31(10-3,40-32)26(30(38)39-16-9-2)25(32)28(36)34(27)23(19-35)17-20(4)5/h8-9,11-12,18,20,23,25-27,35H,1-2,10,13-17,19H2,3-7H3/t23-,25+,26+,27?,31-,32?/m1/s1. The summed E-state index contributed by atoms with van der Waals surface area (Å²) < 4.78 is 12.4. The minimum absolute atomic E-state index is 0.0292. The number of amides is 2. The summed E-state index contributed by atoms with van der Waals surface area (Å²) in [7, 11) is 0. The number of esters is 1. The second-order valence-electron chi connectivity index (χ2n) is 12.0. The Morgan fingerprint density at radius 3 is 2.58 bits per heavy atom. The van der Waals surface area contributed by atoms with Gasteiger partial charge in [-0.1, -0.05) is 51.6 Å². The SMILES string of the molecule is C=CCOC(=O)[C@@H]1[C@H]2C(=O)N([C@@H](CO)CC(C)C)C(C(=O)N(CC=C)c3cc(C)ccc3C)C23CC[C@@]1(CC)O3. The van der Waals surface area contributed by atoms with Gasteiger partial charge in [-0.3, -0.25) is 14.4 Å². The zero-order valence-corrected chi connectivity index (χ0v) is 24.5. The molecule has 0 aromatic heterocycles. The van der Waals surface area contributed by atoms with Crippen LogP contribution in [0.2, 0.25) is 0 Å². The Morgan fingerprint density at radius 2 is 1.98 bits per heavy atom. The number of benzene rings is 1. The number of aryl methyl sites for hydroxylation is 2. The molecule has 218 valence electrons. The minimum Gasteiger partial charge on any atom is -0.461 e. The average Bonchev–Trinajstić information content (AvgIpc) is 3.53. The summed E-state index contributed by atoms with van der Waals surface area (Å²) in [5, 5.41) is 10.5. The van der Waals surface area contributed by atoms with Crippen molar-refractivity contribution in [3.63, 3.8) is 0 Å². The van der Waals surface area contributed by atoms with Crippen LogP contribution in [-0.2, 0) is 23.9 Å². The fraction of sp³-hybridized carbons (Fsp3) is 0.594. The molecular weight excluding hydrogens is 508 g/mol. The molecule has 6 atom stereocenters. The molecule has 4 rings (SSSR count). The first-order valence-electron chi connectivity index (χ1n) is 14.4. The van der Waals surface area contributed by atoms with Crippen molar-refractivity contribution in [2.24, 2.45) is 17.8 Å². The van der Waals surface area contributed by atoms with Gasteiger partial charge in [0.1, 0.15) is 24.2 Å². The molecule has 1 N–H and O–H groups in total. The number of aliphatic hydroxyl groups is 1. The van der Waals surface area contributed by atoms with E-state index < -0.39 is 41.1 Å². The average molecular weight is 553 g/mol. The van der Waals surface area contributed by atoms with E-state index in [0.29, 0.717) is 25.7 Å². The summed E-state index contributed by atoms with van der Waals surface area (Å²) >= 11 is 0. The van der Waals surface area contributed by atoms with Gasteiger partial charge in [0.25, 0.3) is 5.91 Å². The van der Waals surface area contributed by atoms with Crippen molar-refractivity contribution in [1.82, 2.24) is 4.90 Å². The molecule has 40 heavy (non-hydrogen) atoms. The fourth-order valence-corrected chi connectivity index (χ4v) is 7.33. The van der Waals surface area contributed by atoms with Crippen LogP contribution in [0, 0.1) is 31.6 Å². The zero-order chi connectivity index (χ0) is 29.4. The number of rotatable bonds is 12. The van der Waals surface area contributed by atoms with E-state index in [1.165, 1.54) is 6.08 Å². The molecule has 3 aliphatic heterocycles. The van der Waals surface area contributed by atoms with Gasteiger partial charge in [0.2, 0.25) is 5.91 Å². The van der Waals surface area contributed by atoms with E-state index in [1.54, 1.807) is 15.9 Å². The number of nitrogens with zero attached hydrogens (tertiary/aromatic N) is 2. The van der Waals surface area contributed by atoms with Crippen LogP contribution in [0.4, 0.5) is 5.69 Å². The van der Waals surface area contributed by atoms with E-state index in [2.05, 4.69) is 13.2 Å². The van der Waals surface area contributed by atoms with Gasteiger partial charge < -0.3 is 24.4 Å². The monoisotopic (exact) mass is 552 g/mol. The van der Waals surface area contributed by atoms with E-state index in [1.807, 2.05) is 52.8 Å². The summed E-state index contributed by atoms with van der Waals surface area (Å²) in [6, 6.07) is 4.31. The van der Waals surface area contributed by atoms with E-state index in [4.69, 9.17) is 9.47 Å². The summed E-state index contributed by atoms with van der Waals surface area (Å²) in [6.07, 6.45) is 5.18. The van der Waals surface area contributed by atoms with Crippen LogP contribution in [0.1, 0.15) is 57.6 Å². The topological polar surface area (TPSA) is 96.4 Å². The van der Waals surface area contributed by atoms with Crippen molar-refractivity contribution >= 4 is 23.5 Å². The smallest absolute Gasteiger partial charge is 0.313 e. The second kappa shape index (κ2) is 11.5. The minimum atomic E-state index is -1.20. The predicted molar refractivity (Wildman–Crippen MR) is 154 cm³/mol. The highest BCUT2D eigenvalue weighted by atomic mass is 16.6. The van der Waals surface area contributed by atoms with Crippen LogP contribution in [0.5, 0.6) is 0 Å². The van der Waals surface area contributed by atoms with E-state index >= 15 is 0 Å². The molecule has 3 fully saturated rings. The molecule has 3 aliphatic rings. The zero-order valence-electron chi connectivity index (χ0n) is 24.5. The van der Waals surface area contributed by atoms with Crippen molar-refractivity contribution in [2.45, 2.75) is 83.6 Å². The van der Waals surface area contributed by atoms with Gasteiger partial charge in [-0.25, -0.2) is 0 Å². The van der Waals surface area contributed by atoms with Gasteiger partial charge in [-0.15, -0.1) is 6.58 Å². The Morgan fingerprint density at radius 1 is 1.25 bits per heavy atom. The first-order valence-corrected chi connectivity index (χ1v) is 14.4. The molecule has 8 nitrogen and oxygen atoms in total. The van der Waals surface area contributed by atoms with Gasteiger partial charge >= 0.3 is 5.97 Å². The number of fused-ring (bicyclic) bond motifs is 1. The molecule has 1 aromatic rings. The van der Waals surface area contributed by atoms with Gasteiger partial charge in [-0.2, -0.15) is 0 Å². The third-order valence-electron chi connectivity index (χ3n) is 9.03. The Hall–Kier alpha value is -2.97. The summed E-state index contributed by atoms with van der Waals surface area (Å²) in [6.45, 7) is 17.4. The van der Waals surface area contributed by atoms with Crippen molar-refractivity contribution < 1.29 is 29.0 Å². The predicted octanol–water partition coefficient (Wildman–Crippen LogP) is 4.11. The lowest BCUT2D eigenvalue weighted by molar-refractivity contribution is -0.161. The van der Waals surface area contributed by atoms with Crippen LogP contribution in [0.3, 0.4) is 0 Å².